The van der Waals surface area contributed by atoms with Crippen molar-refractivity contribution in [3.05, 3.63) is 12.7 Å². The van der Waals surface area contributed by atoms with E-state index in [9.17, 15) is 13.2 Å². The molecular weight excluding hydrogens is 214 g/mol. The molecule has 15 heavy (non-hydrogen) atoms. The number of carbonyl (C=O) groups is 1. The Labute approximate surface area is 90.9 Å². The zero-order chi connectivity index (χ0) is 11.5. The molecule has 5 heteroatoms. The van der Waals surface area contributed by atoms with Crippen molar-refractivity contribution in [1.82, 2.24) is 4.90 Å². The molecule has 0 saturated carbocycles. The van der Waals surface area contributed by atoms with Crippen LogP contribution in [0.25, 0.3) is 0 Å². The SMILES string of the molecule is C=CC(=O)N1CCC(CS(C)(=O)=O)CC1. The first-order valence-corrected chi connectivity index (χ1v) is 7.07. The number of nitrogens with zero attached hydrogens (tertiary/aromatic N) is 1. The Morgan fingerprint density at radius 2 is 2.00 bits per heavy atom. The van der Waals surface area contributed by atoms with Gasteiger partial charge >= 0.3 is 0 Å². The Morgan fingerprint density at radius 1 is 1.47 bits per heavy atom. The van der Waals surface area contributed by atoms with Crippen LogP contribution in [0.2, 0.25) is 0 Å². The van der Waals surface area contributed by atoms with Crippen LogP contribution in [-0.4, -0.2) is 44.3 Å². The summed E-state index contributed by atoms with van der Waals surface area (Å²) >= 11 is 0. The quantitative estimate of drug-likeness (QED) is 0.663. The first-order chi connectivity index (χ1) is 6.92. The number of sulfone groups is 1. The van der Waals surface area contributed by atoms with Crippen molar-refractivity contribution < 1.29 is 13.2 Å². The minimum atomic E-state index is -2.89. The second-order valence-electron chi connectivity index (χ2n) is 4.07. The van der Waals surface area contributed by atoms with Crippen LogP contribution in [0.1, 0.15) is 12.8 Å². The second kappa shape index (κ2) is 4.79. The zero-order valence-corrected chi connectivity index (χ0v) is 9.79. The molecule has 0 unspecified atom stereocenters. The van der Waals surface area contributed by atoms with Gasteiger partial charge in [-0.05, 0) is 24.8 Å². The molecule has 0 spiro atoms. The molecule has 86 valence electrons. The number of amides is 1. The Kier molecular flexibility index (Phi) is 3.90. The van der Waals surface area contributed by atoms with Crippen molar-refractivity contribution >= 4 is 15.7 Å². The molecule has 1 aliphatic heterocycles. The van der Waals surface area contributed by atoms with Gasteiger partial charge in [-0.1, -0.05) is 6.58 Å². The van der Waals surface area contributed by atoms with Crippen molar-refractivity contribution in [2.24, 2.45) is 5.92 Å². The lowest BCUT2D eigenvalue weighted by Gasteiger charge is -2.30. The fourth-order valence-corrected chi connectivity index (χ4v) is 3.07. The van der Waals surface area contributed by atoms with Gasteiger partial charge in [0.1, 0.15) is 9.84 Å². The van der Waals surface area contributed by atoms with Crippen LogP contribution in [0, 0.1) is 5.92 Å². The van der Waals surface area contributed by atoms with Gasteiger partial charge in [0.15, 0.2) is 0 Å². The Hall–Kier alpha value is -0.840. The highest BCUT2D eigenvalue weighted by molar-refractivity contribution is 7.90. The number of piperidine rings is 1. The monoisotopic (exact) mass is 231 g/mol. The van der Waals surface area contributed by atoms with Crippen LogP contribution in [-0.2, 0) is 14.6 Å². The summed E-state index contributed by atoms with van der Waals surface area (Å²) in [6, 6.07) is 0. The van der Waals surface area contributed by atoms with Gasteiger partial charge in [0.25, 0.3) is 0 Å². The van der Waals surface area contributed by atoms with E-state index in [4.69, 9.17) is 0 Å². The van der Waals surface area contributed by atoms with E-state index in [-0.39, 0.29) is 17.6 Å². The molecule has 1 amide bonds. The van der Waals surface area contributed by atoms with E-state index >= 15 is 0 Å². The van der Waals surface area contributed by atoms with E-state index in [1.807, 2.05) is 0 Å². The Balaban J connectivity index is 2.43. The molecule has 1 heterocycles. The Morgan fingerprint density at radius 3 is 2.40 bits per heavy atom. The number of hydrogen-bond donors (Lipinski definition) is 0. The molecule has 1 rings (SSSR count). The first kappa shape index (κ1) is 12.2. The summed E-state index contributed by atoms with van der Waals surface area (Å²) in [5, 5.41) is 0. The maximum absolute atomic E-state index is 11.2. The van der Waals surface area contributed by atoms with E-state index < -0.39 is 9.84 Å². The molecule has 0 radical (unpaired) electrons. The lowest BCUT2D eigenvalue weighted by molar-refractivity contribution is -0.127. The summed E-state index contributed by atoms with van der Waals surface area (Å²) in [5.41, 5.74) is 0. The standard InChI is InChI=1S/C10H17NO3S/c1-3-10(12)11-6-4-9(5-7-11)8-15(2,13)14/h3,9H,1,4-8H2,2H3. The molecule has 4 nitrogen and oxygen atoms in total. The van der Waals surface area contributed by atoms with Crippen LogP contribution in [0.4, 0.5) is 0 Å². The van der Waals surface area contributed by atoms with Crippen LogP contribution < -0.4 is 0 Å². The average molecular weight is 231 g/mol. The van der Waals surface area contributed by atoms with Crippen LogP contribution in [0.15, 0.2) is 12.7 Å². The van der Waals surface area contributed by atoms with Gasteiger partial charge in [0.2, 0.25) is 5.91 Å². The minimum absolute atomic E-state index is 0.0622. The van der Waals surface area contributed by atoms with Crippen molar-refractivity contribution in [2.45, 2.75) is 12.8 Å². The number of carbonyl (C=O) groups excluding carboxylic acids is 1. The van der Waals surface area contributed by atoms with Gasteiger partial charge in [-0.15, -0.1) is 0 Å². The van der Waals surface area contributed by atoms with E-state index in [1.54, 1.807) is 4.90 Å². The third-order valence-corrected chi connectivity index (χ3v) is 3.72. The Bertz CT molecular complexity index is 340. The predicted octanol–water partition coefficient (Wildman–Crippen LogP) is 0.456. The summed E-state index contributed by atoms with van der Waals surface area (Å²) in [5.74, 6) is 0.380. The summed E-state index contributed by atoms with van der Waals surface area (Å²) in [7, 11) is -2.89. The van der Waals surface area contributed by atoms with E-state index in [0.29, 0.717) is 13.1 Å². The molecule has 0 bridgehead atoms. The van der Waals surface area contributed by atoms with Crippen molar-refractivity contribution in [3.63, 3.8) is 0 Å². The van der Waals surface area contributed by atoms with Crippen molar-refractivity contribution in [3.8, 4) is 0 Å². The van der Waals surface area contributed by atoms with Gasteiger partial charge in [0, 0.05) is 19.3 Å². The van der Waals surface area contributed by atoms with Crippen molar-refractivity contribution in [1.29, 1.82) is 0 Å². The van der Waals surface area contributed by atoms with Crippen LogP contribution >= 0.6 is 0 Å². The molecule has 1 aliphatic rings. The minimum Gasteiger partial charge on any atom is -0.339 e. The molecule has 0 aliphatic carbocycles. The van der Waals surface area contributed by atoms with Gasteiger partial charge in [0.05, 0.1) is 5.75 Å². The first-order valence-electron chi connectivity index (χ1n) is 5.01. The fraction of sp³-hybridized carbons (Fsp3) is 0.700. The molecule has 1 fully saturated rings. The van der Waals surface area contributed by atoms with Gasteiger partial charge < -0.3 is 4.90 Å². The van der Waals surface area contributed by atoms with Gasteiger partial charge in [-0.2, -0.15) is 0 Å². The normalized spacial score (nSPS) is 18.9. The highest BCUT2D eigenvalue weighted by Gasteiger charge is 2.23. The number of rotatable bonds is 3. The zero-order valence-electron chi connectivity index (χ0n) is 8.98. The molecule has 0 aromatic carbocycles. The van der Waals surface area contributed by atoms with E-state index in [0.717, 1.165) is 12.8 Å². The molecule has 1 saturated heterocycles. The molecular formula is C10H17NO3S. The fourth-order valence-electron chi connectivity index (χ4n) is 1.88. The van der Waals surface area contributed by atoms with Crippen LogP contribution in [0.3, 0.4) is 0 Å². The average Bonchev–Trinajstić information content (AvgIpc) is 2.15. The number of hydrogen-bond acceptors (Lipinski definition) is 3. The highest BCUT2D eigenvalue weighted by Crippen LogP contribution is 2.18. The number of likely N-dealkylation sites (tertiary alicyclic amines) is 1. The summed E-state index contributed by atoms with van der Waals surface area (Å²) < 4.78 is 22.1. The molecule has 0 atom stereocenters. The molecule has 0 aromatic rings. The summed E-state index contributed by atoms with van der Waals surface area (Å²) in [6.45, 7) is 4.71. The molecule has 0 N–H and O–H groups in total. The lowest BCUT2D eigenvalue weighted by atomic mass is 9.99. The summed E-state index contributed by atoms with van der Waals surface area (Å²) in [4.78, 5) is 13.0. The highest BCUT2D eigenvalue weighted by atomic mass is 32.2. The topological polar surface area (TPSA) is 54.5 Å². The lowest BCUT2D eigenvalue weighted by Crippen LogP contribution is -2.38. The van der Waals surface area contributed by atoms with Crippen LogP contribution in [0.5, 0.6) is 0 Å². The van der Waals surface area contributed by atoms with Gasteiger partial charge in [-0.3, -0.25) is 4.79 Å². The maximum atomic E-state index is 11.2. The summed E-state index contributed by atoms with van der Waals surface area (Å²) in [6.07, 6.45) is 4.10. The van der Waals surface area contributed by atoms with E-state index in [2.05, 4.69) is 6.58 Å². The maximum Gasteiger partial charge on any atom is 0.245 e. The second-order valence-corrected chi connectivity index (χ2v) is 6.25. The van der Waals surface area contributed by atoms with Gasteiger partial charge in [-0.25, -0.2) is 8.42 Å². The third-order valence-electron chi connectivity index (χ3n) is 2.64. The van der Waals surface area contributed by atoms with Crippen molar-refractivity contribution in [2.75, 3.05) is 25.1 Å². The smallest absolute Gasteiger partial charge is 0.245 e. The third kappa shape index (κ3) is 4.03. The largest absolute Gasteiger partial charge is 0.339 e. The molecule has 0 aromatic heterocycles. The van der Waals surface area contributed by atoms with E-state index in [1.165, 1.54) is 12.3 Å². The predicted molar refractivity (Wildman–Crippen MR) is 59.2 cm³/mol.